The Bertz CT molecular complexity index is 950. The Balaban J connectivity index is 2.20. The summed E-state index contributed by atoms with van der Waals surface area (Å²) >= 11 is 0. The molecule has 0 aliphatic carbocycles. The number of rotatable bonds is 11. The smallest absolute Gasteiger partial charge is 0.326 e. The number of carboxylic acids is 1. The van der Waals surface area contributed by atoms with Gasteiger partial charge in [-0.1, -0.05) is 55.5 Å². The van der Waals surface area contributed by atoms with Gasteiger partial charge in [-0.3, -0.25) is 14.4 Å². The molecule has 2 aromatic carbocycles. The molecule has 0 saturated heterocycles. The van der Waals surface area contributed by atoms with E-state index >= 15 is 0 Å². The van der Waals surface area contributed by atoms with Gasteiger partial charge in [-0.2, -0.15) is 0 Å². The zero-order valence-electron chi connectivity index (χ0n) is 18.4. The van der Waals surface area contributed by atoms with E-state index in [1.54, 1.807) is 67.6 Å². The van der Waals surface area contributed by atoms with Crippen LogP contribution in [0.1, 0.15) is 42.2 Å². The maximum atomic E-state index is 12.8. The number of nitrogens with one attached hydrogen (secondary N) is 2. The number of esters is 1. The van der Waals surface area contributed by atoms with Crippen molar-refractivity contribution in [2.45, 2.75) is 38.5 Å². The molecule has 0 unspecified atom stereocenters. The summed E-state index contributed by atoms with van der Waals surface area (Å²) in [4.78, 5) is 48.9. The van der Waals surface area contributed by atoms with Gasteiger partial charge in [-0.15, -0.1) is 0 Å². The average molecular weight is 456 g/mol. The van der Waals surface area contributed by atoms with Gasteiger partial charge in [0.2, 0.25) is 0 Å². The monoisotopic (exact) mass is 456 g/mol. The van der Waals surface area contributed by atoms with Gasteiger partial charge in [0, 0.05) is 5.56 Å². The van der Waals surface area contributed by atoms with Crippen molar-refractivity contribution in [2.24, 2.45) is 5.92 Å². The van der Waals surface area contributed by atoms with E-state index in [1.165, 1.54) is 6.92 Å². The zero-order chi connectivity index (χ0) is 24.4. The first-order valence-corrected chi connectivity index (χ1v) is 10.5. The van der Waals surface area contributed by atoms with Crippen LogP contribution in [0.15, 0.2) is 60.7 Å². The first kappa shape index (κ1) is 25.5. The van der Waals surface area contributed by atoms with Crippen molar-refractivity contribution in [2.75, 3.05) is 6.61 Å². The number of carbonyl (C=O) groups excluding carboxylic acids is 3. The summed E-state index contributed by atoms with van der Waals surface area (Å²) in [6.45, 7) is 3.26. The normalized spacial score (nSPS) is 14.3. The van der Waals surface area contributed by atoms with Crippen molar-refractivity contribution in [1.29, 1.82) is 0 Å². The van der Waals surface area contributed by atoms with Crippen molar-refractivity contribution in [3.05, 3.63) is 71.8 Å². The summed E-state index contributed by atoms with van der Waals surface area (Å²) in [5.74, 6) is -4.27. The van der Waals surface area contributed by atoms with E-state index in [9.17, 15) is 29.4 Å². The molecule has 0 aliphatic rings. The molecule has 9 nitrogen and oxygen atoms in total. The van der Waals surface area contributed by atoms with E-state index in [4.69, 9.17) is 4.74 Å². The summed E-state index contributed by atoms with van der Waals surface area (Å²) in [5.41, 5.74) is 0.786. The van der Waals surface area contributed by atoms with Gasteiger partial charge in [0.15, 0.2) is 6.10 Å². The third-order valence-electron chi connectivity index (χ3n) is 4.99. The van der Waals surface area contributed by atoms with Crippen molar-refractivity contribution >= 4 is 23.8 Å². The first-order chi connectivity index (χ1) is 15.7. The van der Waals surface area contributed by atoms with Gasteiger partial charge >= 0.3 is 11.9 Å². The van der Waals surface area contributed by atoms with E-state index in [-0.39, 0.29) is 13.0 Å². The Morgan fingerprint density at radius 1 is 0.939 bits per heavy atom. The molecule has 0 saturated carbocycles. The molecular weight excluding hydrogens is 428 g/mol. The minimum Gasteiger partial charge on any atom is -0.480 e. The second-order valence-corrected chi connectivity index (χ2v) is 7.48. The Kier molecular flexibility index (Phi) is 9.56. The molecule has 2 aromatic rings. The maximum absolute atomic E-state index is 12.8. The largest absolute Gasteiger partial charge is 0.480 e. The summed E-state index contributed by atoms with van der Waals surface area (Å²) in [6.07, 6.45) is -2.02. The summed E-state index contributed by atoms with van der Waals surface area (Å²) in [6, 6.07) is 14.0. The molecule has 176 valence electrons. The first-order valence-electron chi connectivity index (χ1n) is 10.5. The summed E-state index contributed by atoms with van der Waals surface area (Å²) in [5, 5.41) is 25.3. The fourth-order valence-corrected chi connectivity index (χ4v) is 3.26. The molecule has 0 aliphatic heterocycles. The quantitative estimate of drug-likeness (QED) is 0.377. The van der Waals surface area contributed by atoms with E-state index in [2.05, 4.69) is 10.6 Å². The van der Waals surface area contributed by atoms with Crippen LogP contribution in [-0.4, -0.2) is 52.7 Å². The molecular formula is C24H28N2O7. The van der Waals surface area contributed by atoms with E-state index < -0.39 is 47.9 Å². The van der Waals surface area contributed by atoms with Gasteiger partial charge in [0.25, 0.3) is 11.8 Å². The number of amides is 2. The average Bonchev–Trinajstić information content (AvgIpc) is 2.81. The van der Waals surface area contributed by atoms with Crippen LogP contribution in [0, 0.1) is 5.92 Å². The molecule has 0 bridgehead atoms. The SMILES string of the molecule is CCOC(=O)C[C@@H](C)[C@@H](NC(=O)[C@H](O)[C@@H](NC(=O)c1ccccc1)c1ccccc1)C(=O)O. The van der Waals surface area contributed by atoms with Crippen LogP contribution < -0.4 is 10.6 Å². The summed E-state index contributed by atoms with van der Waals surface area (Å²) < 4.78 is 4.84. The van der Waals surface area contributed by atoms with Crippen molar-refractivity contribution < 1.29 is 34.1 Å². The Morgan fingerprint density at radius 2 is 1.52 bits per heavy atom. The lowest BCUT2D eigenvalue weighted by molar-refractivity contribution is -0.148. The Hall–Kier alpha value is -3.72. The van der Waals surface area contributed by atoms with Gasteiger partial charge in [0.1, 0.15) is 6.04 Å². The topological polar surface area (TPSA) is 142 Å². The molecule has 0 heterocycles. The second-order valence-electron chi connectivity index (χ2n) is 7.48. The number of carbonyl (C=O) groups is 4. The third kappa shape index (κ3) is 7.43. The second kappa shape index (κ2) is 12.4. The minimum atomic E-state index is -1.79. The lowest BCUT2D eigenvalue weighted by atomic mass is 9.96. The molecule has 4 N–H and O–H groups in total. The number of carboxylic acid groups (broad SMARTS) is 1. The molecule has 9 heteroatoms. The van der Waals surface area contributed by atoms with Crippen LogP contribution >= 0.6 is 0 Å². The highest BCUT2D eigenvalue weighted by molar-refractivity contribution is 5.95. The number of hydrogen-bond acceptors (Lipinski definition) is 6. The highest BCUT2D eigenvalue weighted by Crippen LogP contribution is 2.19. The van der Waals surface area contributed by atoms with Crippen LogP contribution in [-0.2, 0) is 19.1 Å². The lowest BCUT2D eigenvalue weighted by Crippen LogP contribution is -2.52. The molecule has 33 heavy (non-hydrogen) atoms. The summed E-state index contributed by atoms with van der Waals surface area (Å²) in [7, 11) is 0. The van der Waals surface area contributed by atoms with Crippen LogP contribution in [0.25, 0.3) is 0 Å². The Labute approximate surface area is 191 Å². The van der Waals surface area contributed by atoms with E-state index in [0.717, 1.165) is 0 Å². The standard InChI is InChI=1S/C24H28N2O7/c1-3-33-18(27)14-15(2)19(24(31)32)25-23(30)21(28)20(16-10-6-4-7-11-16)26-22(29)17-12-8-5-9-13-17/h4-13,15,19-21,28H,3,14H2,1-2H3,(H,25,30)(H,26,29)(H,31,32)/t15-,19-,20+,21-/m1/s1. The molecule has 0 radical (unpaired) electrons. The van der Waals surface area contributed by atoms with Gasteiger partial charge in [0.05, 0.1) is 19.1 Å². The van der Waals surface area contributed by atoms with Gasteiger partial charge < -0.3 is 25.6 Å². The molecule has 0 aromatic heterocycles. The van der Waals surface area contributed by atoms with Crippen LogP contribution in [0.5, 0.6) is 0 Å². The van der Waals surface area contributed by atoms with Gasteiger partial charge in [-0.05, 0) is 30.5 Å². The van der Waals surface area contributed by atoms with Crippen LogP contribution in [0.4, 0.5) is 0 Å². The number of ether oxygens (including phenoxy) is 1. The van der Waals surface area contributed by atoms with Crippen molar-refractivity contribution in [3.8, 4) is 0 Å². The molecule has 2 rings (SSSR count). The number of benzene rings is 2. The number of aliphatic hydroxyl groups is 1. The molecule has 4 atom stereocenters. The van der Waals surface area contributed by atoms with Gasteiger partial charge in [-0.25, -0.2) is 4.79 Å². The maximum Gasteiger partial charge on any atom is 0.326 e. The highest BCUT2D eigenvalue weighted by Gasteiger charge is 2.34. The van der Waals surface area contributed by atoms with E-state index in [0.29, 0.717) is 11.1 Å². The predicted molar refractivity (Wildman–Crippen MR) is 119 cm³/mol. The fourth-order valence-electron chi connectivity index (χ4n) is 3.26. The Morgan fingerprint density at radius 3 is 2.06 bits per heavy atom. The fraction of sp³-hybridized carbons (Fsp3) is 0.333. The predicted octanol–water partition coefficient (Wildman–Crippen LogP) is 1.68. The van der Waals surface area contributed by atoms with Crippen LogP contribution in [0.3, 0.4) is 0 Å². The zero-order valence-corrected chi connectivity index (χ0v) is 18.4. The lowest BCUT2D eigenvalue weighted by Gasteiger charge is -2.27. The van der Waals surface area contributed by atoms with Crippen LogP contribution in [0.2, 0.25) is 0 Å². The third-order valence-corrected chi connectivity index (χ3v) is 4.99. The minimum absolute atomic E-state index is 0.147. The van der Waals surface area contributed by atoms with Crippen molar-refractivity contribution in [3.63, 3.8) is 0 Å². The number of aliphatic hydroxyl groups excluding tert-OH is 1. The van der Waals surface area contributed by atoms with Crippen molar-refractivity contribution in [1.82, 2.24) is 10.6 Å². The highest BCUT2D eigenvalue weighted by atomic mass is 16.5. The number of aliphatic carboxylic acids is 1. The molecule has 2 amide bonds. The number of hydrogen-bond donors (Lipinski definition) is 4. The molecule has 0 fully saturated rings. The molecule has 0 spiro atoms. The van der Waals surface area contributed by atoms with E-state index in [1.807, 2.05) is 0 Å².